The van der Waals surface area contributed by atoms with E-state index < -0.39 is 0 Å². The van der Waals surface area contributed by atoms with Gasteiger partial charge in [-0.25, -0.2) is 0 Å². The van der Waals surface area contributed by atoms with Crippen molar-refractivity contribution in [3.63, 3.8) is 0 Å². The summed E-state index contributed by atoms with van der Waals surface area (Å²) in [5.74, 6) is 0. The van der Waals surface area contributed by atoms with Crippen molar-refractivity contribution in [3.05, 3.63) is 22.5 Å². The maximum atomic E-state index is 2.18. The Kier molecular flexibility index (Phi) is 4.75. The minimum Gasteiger partial charge on any atom is -0.376 e. The molecule has 0 bridgehead atoms. The normalized spacial score (nSPS) is 9.43. The van der Waals surface area contributed by atoms with Crippen LogP contribution in [0.15, 0.2) is 22.5 Å². The van der Waals surface area contributed by atoms with E-state index in [9.17, 15) is 0 Å². The quantitative estimate of drug-likeness (QED) is 0.640. The maximum Gasteiger partial charge on any atom is 0.0584 e. The fourth-order valence-corrected chi connectivity index (χ4v) is 1.79. The van der Waals surface area contributed by atoms with Crippen LogP contribution in [-0.2, 0) is 0 Å². The van der Waals surface area contributed by atoms with Crippen LogP contribution in [0, 0.1) is 0 Å². The van der Waals surface area contributed by atoms with E-state index in [1.807, 2.05) is 0 Å². The average molecular weight is 196 g/mol. The summed E-state index contributed by atoms with van der Waals surface area (Å²) in [4.78, 5) is 4.36. The van der Waals surface area contributed by atoms with Crippen molar-refractivity contribution in [1.82, 2.24) is 9.80 Å². The third-order valence-electron chi connectivity index (χ3n) is 2.07. The van der Waals surface area contributed by atoms with Crippen molar-refractivity contribution in [2.75, 3.05) is 28.2 Å². The smallest absolute Gasteiger partial charge is 0.0584 e. The summed E-state index contributed by atoms with van der Waals surface area (Å²) in [6.07, 6.45) is 0. The minimum atomic E-state index is 1.31. The fraction of sp³-hybridized carbons (Fsp3) is 0.667. The summed E-state index contributed by atoms with van der Waals surface area (Å²) in [6.45, 7) is 8.62. The second-order valence-corrected chi connectivity index (χ2v) is 4.49. The molecular weight excluding hydrogens is 172 g/mol. The number of hydrogen-bond donors (Lipinski definition) is 0. The van der Waals surface area contributed by atoms with Crippen molar-refractivity contribution in [1.29, 1.82) is 0 Å². The molecule has 0 aromatic heterocycles. The molecule has 0 amide bonds. The summed E-state index contributed by atoms with van der Waals surface area (Å²) >= 11 is 0. The molecule has 0 spiro atoms. The van der Waals surface area contributed by atoms with Crippen LogP contribution in [0.3, 0.4) is 0 Å². The summed E-state index contributed by atoms with van der Waals surface area (Å²) in [6, 6.07) is 0. The molecule has 0 aliphatic heterocycles. The third-order valence-corrected chi connectivity index (χ3v) is 2.07. The highest BCUT2D eigenvalue weighted by Crippen LogP contribution is 2.21. The first kappa shape index (κ1) is 13.1. The molecule has 2 nitrogen and oxygen atoms in total. The molecule has 0 fully saturated rings. The molecule has 0 radical (unpaired) electrons. The SMILES string of the molecule is CC(C)=C(C(=C(C)C)N(C)C)N(C)C. The van der Waals surface area contributed by atoms with Crippen LogP contribution in [-0.4, -0.2) is 38.0 Å². The molecule has 0 saturated carbocycles. The number of likely N-dealkylation sites (N-methyl/N-ethyl adjacent to an activating group) is 2. The fourth-order valence-electron chi connectivity index (χ4n) is 1.79. The Morgan fingerprint density at radius 2 is 0.786 bits per heavy atom. The van der Waals surface area contributed by atoms with E-state index in [1.54, 1.807) is 0 Å². The van der Waals surface area contributed by atoms with Crippen LogP contribution in [0.4, 0.5) is 0 Å². The Bertz CT molecular complexity index is 221. The van der Waals surface area contributed by atoms with Gasteiger partial charge in [-0.2, -0.15) is 0 Å². The van der Waals surface area contributed by atoms with Gasteiger partial charge in [-0.1, -0.05) is 11.1 Å². The van der Waals surface area contributed by atoms with Gasteiger partial charge in [0.15, 0.2) is 0 Å². The lowest BCUT2D eigenvalue weighted by Crippen LogP contribution is -2.24. The molecule has 14 heavy (non-hydrogen) atoms. The molecule has 0 N–H and O–H groups in total. The lowest BCUT2D eigenvalue weighted by Gasteiger charge is -2.28. The van der Waals surface area contributed by atoms with Crippen LogP contribution in [0.2, 0.25) is 0 Å². The van der Waals surface area contributed by atoms with Crippen molar-refractivity contribution in [3.8, 4) is 0 Å². The summed E-state index contributed by atoms with van der Waals surface area (Å²) in [7, 11) is 8.37. The van der Waals surface area contributed by atoms with Gasteiger partial charge in [0.2, 0.25) is 0 Å². The van der Waals surface area contributed by atoms with Crippen LogP contribution < -0.4 is 0 Å². The van der Waals surface area contributed by atoms with Gasteiger partial charge >= 0.3 is 0 Å². The summed E-state index contributed by atoms with van der Waals surface area (Å²) in [5, 5.41) is 0. The Morgan fingerprint density at radius 3 is 0.857 bits per heavy atom. The van der Waals surface area contributed by atoms with Crippen LogP contribution in [0.25, 0.3) is 0 Å². The molecule has 0 atom stereocenters. The van der Waals surface area contributed by atoms with E-state index in [4.69, 9.17) is 0 Å². The Labute approximate surface area is 88.9 Å². The van der Waals surface area contributed by atoms with Gasteiger partial charge < -0.3 is 9.80 Å². The molecule has 0 aliphatic rings. The highest BCUT2D eigenvalue weighted by Gasteiger charge is 2.12. The van der Waals surface area contributed by atoms with Crippen LogP contribution in [0.1, 0.15) is 27.7 Å². The largest absolute Gasteiger partial charge is 0.376 e. The van der Waals surface area contributed by atoms with E-state index in [1.165, 1.54) is 22.5 Å². The van der Waals surface area contributed by atoms with Gasteiger partial charge in [0.1, 0.15) is 0 Å². The summed E-state index contributed by atoms with van der Waals surface area (Å²) in [5.41, 5.74) is 5.32. The highest BCUT2D eigenvalue weighted by molar-refractivity contribution is 5.34. The standard InChI is InChI=1S/C12H24N2/c1-9(2)11(13(5)6)12(10(3)4)14(7)8/h1-8H3. The predicted molar refractivity (Wildman–Crippen MR) is 64.1 cm³/mol. The molecule has 0 aromatic carbocycles. The number of rotatable bonds is 3. The molecule has 0 unspecified atom stereocenters. The van der Waals surface area contributed by atoms with E-state index in [-0.39, 0.29) is 0 Å². The Morgan fingerprint density at radius 1 is 0.571 bits per heavy atom. The molecular formula is C12H24N2. The molecule has 0 rings (SSSR count). The van der Waals surface area contributed by atoms with Gasteiger partial charge in [0.05, 0.1) is 11.4 Å². The molecule has 0 heterocycles. The van der Waals surface area contributed by atoms with E-state index >= 15 is 0 Å². The second kappa shape index (κ2) is 5.08. The highest BCUT2D eigenvalue weighted by atomic mass is 15.2. The molecule has 2 heteroatoms. The zero-order chi connectivity index (χ0) is 11.5. The van der Waals surface area contributed by atoms with E-state index in [2.05, 4.69) is 65.7 Å². The zero-order valence-corrected chi connectivity index (χ0v) is 10.9. The van der Waals surface area contributed by atoms with Gasteiger partial charge in [-0.15, -0.1) is 0 Å². The molecule has 0 aliphatic carbocycles. The van der Waals surface area contributed by atoms with Crippen molar-refractivity contribution >= 4 is 0 Å². The minimum absolute atomic E-state index is 1.31. The summed E-state index contributed by atoms with van der Waals surface area (Å²) < 4.78 is 0. The predicted octanol–water partition coefficient (Wildman–Crippen LogP) is 2.70. The topological polar surface area (TPSA) is 6.48 Å². The molecule has 0 aromatic rings. The number of nitrogens with zero attached hydrogens (tertiary/aromatic N) is 2. The lowest BCUT2D eigenvalue weighted by molar-refractivity contribution is 0.435. The van der Waals surface area contributed by atoms with Crippen molar-refractivity contribution < 1.29 is 0 Å². The third kappa shape index (κ3) is 3.09. The maximum absolute atomic E-state index is 2.18. The Balaban J connectivity index is 5.42. The molecule has 0 saturated heterocycles. The van der Waals surface area contributed by atoms with E-state index in [0.717, 1.165) is 0 Å². The van der Waals surface area contributed by atoms with Crippen LogP contribution >= 0.6 is 0 Å². The van der Waals surface area contributed by atoms with Gasteiger partial charge in [-0.05, 0) is 27.7 Å². The Hall–Kier alpha value is -0.920. The first-order valence-electron chi connectivity index (χ1n) is 4.99. The van der Waals surface area contributed by atoms with E-state index in [0.29, 0.717) is 0 Å². The first-order chi connectivity index (χ1) is 6.29. The van der Waals surface area contributed by atoms with Gasteiger partial charge in [0.25, 0.3) is 0 Å². The first-order valence-corrected chi connectivity index (χ1v) is 4.99. The number of hydrogen-bond acceptors (Lipinski definition) is 2. The molecule has 82 valence electrons. The lowest BCUT2D eigenvalue weighted by atomic mass is 10.1. The van der Waals surface area contributed by atoms with Gasteiger partial charge in [0, 0.05) is 28.2 Å². The van der Waals surface area contributed by atoms with Crippen molar-refractivity contribution in [2.45, 2.75) is 27.7 Å². The average Bonchev–Trinajstić information content (AvgIpc) is 1.96. The monoisotopic (exact) mass is 196 g/mol. The van der Waals surface area contributed by atoms with Crippen LogP contribution in [0.5, 0.6) is 0 Å². The zero-order valence-electron chi connectivity index (χ0n) is 10.9. The van der Waals surface area contributed by atoms with Gasteiger partial charge in [-0.3, -0.25) is 0 Å². The van der Waals surface area contributed by atoms with Crippen molar-refractivity contribution in [2.24, 2.45) is 0 Å². The second-order valence-electron chi connectivity index (χ2n) is 4.49. The number of allylic oxidation sites excluding steroid dienone is 2.